The number of nitrogens with zero attached hydrogens (tertiary/aromatic N) is 2. The average Bonchev–Trinajstić information content (AvgIpc) is 3.27. The first-order valence-electron chi connectivity index (χ1n) is 6.86. The molecule has 0 aliphatic heterocycles. The van der Waals surface area contributed by atoms with Crippen LogP contribution in [0.3, 0.4) is 0 Å². The fourth-order valence-corrected chi connectivity index (χ4v) is 4.30. The van der Waals surface area contributed by atoms with Gasteiger partial charge in [0, 0.05) is 12.6 Å². The normalized spacial score (nSPS) is 19.0. The van der Waals surface area contributed by atoms with Gasteiger partial charge in [-0.05, 0) is 43.7 Å². The molecule has 21 heavy (non-hydrogen) atoms. The first-order valence-corrected chi connectivity index (χ1v) is 8.30. The number of halogens is 1. The van der Waals surface area contributed by atoms with Crippen LogP contribution in [0, 0.1) is 21.8 Å². The smallest absolute Gasteiger partial charge is 0.258 e. The monoisotopic (exact) mass is 314 g/mol. The molecule has 0 N–H and O–H groups in total. The summed E-state index contributed by atoms with van der Waals surface area (Å²) in [6.07, 6.45) is 3.47. The first kappa shape index (κ1) is 14.4. The van der Waals surface area contributed by atoms with Gasteiger partial charge >= 0.3 is 5.69 Å². The molecule has 0 unspecified atom stereocenters. The lowest BCUT2D eigenvalue weighted by molar-refractivity contribution is -0.390. The minimum atomic E-state index is -4.04. The topological polar surface area (TPSA) is 80.5 Å². The standard InChI is InChI=1S/C13H15FN2O4S/c14-11-2-1-3-12(13(11)16(17)18)21(19,20)15(10-6-7-10)8-9-4-5-9/h1-3,9-10H,4-8H2. The summed E-state index contributed by atoms with van der Waals surface area (Å²) in [5, 5.41) is 11.0. The molecule has 1 aromatic rings. The largest absolute Gasteiger partial charge is 0.324 e. The van der Waals surface area contributed by atoms with Crippen LogP contribution in [0.4, 0.5) is 10.1 Å². The minimum absolute atomic E-state index is 0.0986. The van der Waals surface area contributed by atoms with Gasteiger partial charge in [-0.1, -0.05) is 6.07 Å². The molecular weight excluding hydrogens is 299 g/mol. The Morgan fingerprint density at radius 1 is 1.29 bits per heavy atom. The Bertz CT molecular complexity index is 683. The Balaban J connectivity index is 2.04. The van der Waals surface area contributed by atoms with Gasteiger partial charge in [0.2, 0.25) is 15.8 Å². The summed E-state index contributed by atoms with van der Waals surface area (Å²) in [6, 6.07) is 3.11. The van der Waals surface area contributed by atoms with Crippen LogP contribution in [-0.4, -0.2) is 30.2 Å². The number of nitro benzene ring substituents is 1. The lowest BCUT2D eigenvalue weighted by Crippen LogP contribution is -2.35. The van der Waals surface area contributed by atoms with Crippen molar-refractivity contribution in [2.75, 3.05) is 6.54 Å². The molecule has 0 bridgehead atoms. The maximum atomic E-state index is 13.7. The summed E-state index contributed by atoms with van der Waals surface area (Å²) in [5.41, 5.74) is -0.959. The van der Waals surface area contributed by atoms with E-state index in [1.807, 2.05) is 0 Å². The highest BCUT2D eigenvalue weighted by atomic mass is 32.2. The van der Waals surface area contributed by atoms with E-state index in [0.29, 0.717) is 12.5 Å². The number of benzene rings is 1. The second-order valence-electron chi connectivity index (χ2n) is 5.59. The highest BCUT2D eigenvalue weighted by Gasteiger charge is 2.43. The van der Waals surface area contributed by atoms with E-state index in [-0.39, 0.29) is 6.04 Å². The third-order valence-electron chi connectivity index (χ3n) is 3.81. The Kier molecular flexibility index (Phi) is 3.45. The van der Waals surface area contributed by atoms with E-state index in [0.717, 1.165) is 37.8 Å². The summed E-state index contributed by atoms with van der Waals surface area (Å²) in [4.78, 5) is 9.51. The second kappa shape index (κ2) is 5.03. The maximum Gasteiger partial charge on any atom is 0.324 e. The fourth-order valence-electron chi connectivity index (χ4n) is 2.37. The van der Waals surface area contributed by atoms with E-state index in [4.69, 9.17) is 0 Å². The number of rotatable bonds is 6. The van der Waals surface area contributed by atoms with Crippen molar-refractivity contribution in [2.45, 2.75) is 36.6 Å². The number of sulfonamides is 1. The summed E-state index contributed by atoms with van der Waals surface area (Å²) < 4.78 is 40.4. The van der Waals surface area contributed by atoms with Gasteiger partial charge in [-0.2, -0.15) is 8.70 Å². The van der Waals surface area contributed by atoms with E-state index < -0.39 is 31.3 Å². The zero-order valence-electron chi connectivity index (χ0n) is 11.2. The van der Waals surface area contributed by atoms with Crippen LogP contribution in [0.5, 0.6) is 0 Å². The molecule has 114 valence electrons. The first-order chi connectivity index (χ1) is 9.91. The average molecular weight is 314 g/mol. The van der Waals surface area contributed by atoms with E-state index in [1.165, 1.54) is 10.4 Å². The van der Waals surface area contributed by atoms with E-state index >= 15 is 0 Å². The van der Waals surface area contributed by atoms with E-state index in [9.17, 15) is 22.9 Å². The molecule has 0 saturated heterocycles. The van der Waals surface area contributed by atoms with Gasteiger partial charge in [-0.25, -0.2) is 8.42 Å². The summed E-state index contributed by atoms with van der Waals surface area (Å²) in [5.74, 6) is -0.795. The number of para-hydroxylation sites is 1. The van der Waals surface area contributed by atoms with Crippen LogP contribution in [0.1, 0.15) is 25.7 Å². The van der Waals surface area contributed by atoms with Gasteiger partial charge in [-0.3, -0.25) is 10.1 Å². The molecule has 0 radical (unpaired) electrons. The van der Waals surface area contributed by atoms with Gasteiger partial charge in [0.15, 0.2) is 4.90 Å². The number of hydrogen-bond donors (Lipinski definition) is 0. The van der Waals surface area contributed by atoms with Crippen LogP contribution in [0.25, 0.3) is 0 Å². The van der Waals surface area contributed by atoms with Crippen molar-refractivity contribution in [1.29, 1.82) is 0 Å². The molecule has 0 aromatic heterocycles. The molecule has 2 aliphatic carbocycles. The van der Waals surface area contributed by atoms with Gasteiger partial charge in [0.05, 0.1) is 4.92 Å². The maximum absolute atomic E-state index is 13.7. The van der Waals surface area contributed by atoms with Crippen LogP contribution >= 0.6 is 0 Å². The third-order valence-corrected chi connectivity index (χ3v) is 5.76. The Morgan fingerprint density at radius 3 is 2.48 bits per heavy atom. The SMILES string of the molecule is O=[N+]([O-])c1c(F)cccc1S(=O)(=O)N(CC1CC1)C1CC1. The second-order valence-corrected chi connectivity index (χ2v) is 7.45. The molecule has 0 spiro atoms. The minimum Gasteiger partial charge on any atom is -0.258 e. The predicted molar refractivity (Wildman–Crippen MR) is 72.7 cm³/mol. The molecule has 2 saturated carbocycles. The Labute approximate surface area is 121 Å². The highest BCUT2D eigenvalue weighted by molar-refractivity contribution is 7.89. The fraction of sp³-hybridized carbons (Fsp3) is 0.538. The summed E-state index contributed by atoms with van der Waals surface area (Å²) >= 11 is 0. The van der Waals surface area contributed by atoms with Crippen LogP contribution in [0.2, 0.25) is 0 Å². The lowest BCUT2D eigenvalue weighted by Gasteiger charge is -2.21. The molecule has 8 heteroatoms. The zero-order valence-corrected chi connectivity index (χ0v) is 12.1. The third kappa shape index (κ3) is 2.77. The van der Waals surface area contributed by atoms with Gasteiger partial charge < -0.3 is 0 Å². The highest BCUT2D eigenvalue weighted by Crippen LogP contribution is 2.39. The van der Waals surface area contributed by atoms with Crippen molar-refractivity contribution in [1.82, 2.24) is 4.31 Å². The Morgan fingerprint density at radius 2 is 1.95 bits per heavy atom. The van der Waals surface area contributed by atoms with Crippen molar-refractivity contribution in [3.05, 3.63) is 34.1 Å². The molecule has 2 aliphatic rings. The zero-order chi connectivity index (χ0) is 15.2. The van der Waals surface area contributed by atoms with Crippen molar-refractivity contribution in [3.63, 3.8) is 0 Å². The molecule has 6 nitrogen and oxygen atoms in total. The molecule has 1 aromatic carbocycles. The van der Waals surface area contributed by atoms with Crippen molar-refractivity contribution in [2.24, 2.45) is 5.92 Å². The molecule has 0 amide bonds. The predicted octanol–water partition coefficient (Wildman–Crippen LogP) is 2.30. The number of nitro groups is 1. The van der Waals surface area contributed by atoms with Gasteiger partial charge in [0.25, 0.3) is 0 Å². The summed E-state index contributed by atoms with van der Waals surface area (Å²) in [6.45, 7) is 0.376. The van der Waals surface area contributed by atoms with Crippen molar-refractivity contribution in [3.8, 4) is 0 Å². The molecule has 0 heterocycles. The number of hydrogen-bond acceptors (Lipinski definition) is 4. The van der Waals surface area contributed by atoms with Crippen LogP contribution in [-0.2, 0) is 10.0 Å². The van der Waals surface area contributed by atoms with Crippen molar-refractivity contribution >= 4 is 15.7 Å². The Hall–Kier alpha value is -1.54. The van der Waals surface area contributed by atoms with E-state index in [1.54, 1.807) is 0 Å². The van der Waals surface area contributed by atoms with Crippen LogP contribution < -0.4 is 0 Å². The van der Waals surface area contributed by atoms with Crippen LogP contribution in [0.15, 0.2) is 23.1 Å². The van der Waals surface area contributed by atoms with E-state index in [2.05, 4.69) is 0 Å². The quantitative estimate of drug-likeness (QED) is 0.596. The van der Waals surface area contributed by atoms with Crippen molar-refractivity contribution < 1.29 is 17.7 Å². The molecular formula is C13H15FN2O4S. The molecule has 2 fully saturated rings. The lowest BCUT2D eigenvalue weighted by atomic mass is 10.3. The molecule has 0 atom stereocenters. The summed E-state index contributed by atoms with van der Waals surface area (Å²) in [7, 11) is -4.04. The molecule has 3 rings (SSSR count). The van der Waals surface area contributed by atoms with Gasteiger partial charge in [0.1, 0.15) is 0 Å². The van der Waals surface area contributed by atoms with Gasteiger partial charge in [-0.15, -0.1) is 0 Å².